The van der Waals surface area contributed by atoms with E-state index < -0.39 is 67.0 Å². The highest BCUT2D eigenvalue weighted by molar-refractivity contribution is 6.36. The van der Waals surface area contributed by atoms with Crippen LogP contribution in [0.5, 0.6) is 11.5 Å². The molecule has 0 saturated heterocycles. The minimum atomic E-state index is -1.39. The smallest absolute Gasteiger partial charge is 0.343 e. The molecule has 2 aromatic carbocycles. The summed E-state index contributed by atoms with van der Waals surface area (Å²) in [6.45, 7) is 2.27. The van der Waals surface area contributed by atoms with Crippen LogP contribution >= 0.6 is 0 Å². The summed E-state index contributed by atoms with van der Waals surface area (Å²) in [7, 11) is 2.33. The molecule has 0 aliphatic carbocycles. The molecule has 0 N–H and O–H groups in total. The predicted molar refractivity (Wildman–Crippen MR) is 128 cm³/mol. The fraction of sp³-hybridized carbons (Fsp3) is 0.250. The summed E-state index contributed by atoms with van der Waals surface area (Å²) in [5, 5.41) is 22.9. The Bertz CT molecular complexity index is 1240. The van der Waals surface area contributed by atoms with E-state index in [-0.39, 0.29) is 24.7 Å². The Labute approximate surface area is 215 Å². The van der Waals surface area contributed by atoms with Gasteiger partial charge in [-0.2, -0.15) is 0 Å². The summed E-state index contributed by atoms with van der Waals surface area (Å²) >= 11 is 0. The van der Waals surface area contributed by atoms with E-state index in [0.717, 1.165) is 36.4 Å². The SMILES string of the molecule is CCOC(=O)/C(C(=O)c1ccc(OC)c([N+](=O)[O-])c1)=C(/C(=O)OCC)C(=O)c1ccc(OC)c([N+](=O)[O-])c1. The van der Waals surface area contributed by atoms with Gasteiger partial charge in [-0.25, -0.2) is 9.59 Å². The number of ether oxygens (including phenoxy) is 4. The number of hydrogen-bond donors (Lipinski definition) is 0. The van der Waals surface area contributed by atoms with Gasteiger partial charge in [-0.1, -0.05) is 0 Å². The number of methoxy groups -OCH3 is 2. The summed E-state index contributed by atoms with van der Waals surface area (Å²) in [6, 6.07) is 5.94. The van der Waals surface area contributed by atoms with Crippen LogP contribution in [0.2, 0.25) is 0 Å². The molecule has 14 nitrogen and oxygen atoms in total. The Balaban J connectivity index is 2.88. The van der Waals surface area contributed by atoms with Crippen LogP contribution in [-0.2, 0) is 19.1 Å². The summed E-state index contributed by atoms with van der Waals surface area (Å²) in [4.78, 5) is 74.0. The fourth-order valence-corrected chi connectivity index (χ4v) is 3.26. The average molecular weight is 530 g/mol. The van der Waals surface area contributed by atoms with Crippen LogP contribution in [0, 0.1) is 20.2 Å². The van der Waals surface area contributed by atoms with Crippen molar-refractivity contribution in [2.45, 2.75) is 13.8 Å². The second-order valence-electron chi connectivity index (χ2n) is 7.14. The monoisotopic (exact) mass is 530 g/mol. The fourth-order valence-electron chi connectivity index (χ4n) is 3.26. The van der Waals surface area contributed by atoms with E-state index in [1.54, 1.807) is 0 Å². The minimum absolute atomic E-state index is 0.194. The van der Waals surface area contributed by atoms with E-state index in [1.165, 1.54) is 28.1 Å². The van der Waals surface area contributed by atoms with Crippen molar-refractivity contribution in [1.82, 2.24) is 0 Å². The van der Waals surface area contributed by atoms with Crippen LogP contribution in [-0.4, -0.2) is 60.8 Å². The number of hydrogen-bond acceptors (Lipinski definition) is 12. The molecule has 2 rings (SSSR count). The summed E-state index contributed by atoms with van der Waals surface area (Å²) in [6.07, 6.45) is 0. The third-order valence-corrected chi connectivity index (χ3v) is 4.94. The van der Waals surface area contributed by atoms with Crippen molar-refractivity contribution in [3.63, 3.8) is 0 Å². The van der Waals surface area contributed by atoms with E-state index in [2.05, 4.69) is 0 Å². The lowest BCUT2D eigenvalue weighted by atomic mass is 9.92. The number of nitro benzene ring substituents is 2. The van der Waals surface area contributed by atoms with Gasteiger partial charge in [-0.3, -0.25) is 29.8 Å². The molecule has 0 amide bonds. The summed E-state index contributed by atoms with van der Waals surface area (Å²) < 4.78 is 19.6. The molecule has 0 aliphatic heterocycles. The van der Waals surface area contributed by atoms with Crippen molar-refractivity contribution < 1.29 is 48.0 Å². The maximum atomic E-state index is 13.5. The first-order valence-electron chi connectivity index (χ1n) is 10.8. The number of nitro groups is 2. The summed E-state index contributed by atoms with van der Waals surface area (Å²) in [5.74, 6) is -5.71. The molecule has 0 bridgehead atoms. The zero-order valence-corrected chi connectivity index (χ0v) is 20.7. The number of carbonyl (C=O) groups is 4. The second kappa shape index (κ2) is 12.7. The van der Waals surface area contributed by atoms with Gasteiger partial charge < -0.3 is 18.9 Å². The van der Waals surface area contributed by atoms with Crippen LogP contribution in [0.1, 0.15) is 34.6 Å². The lowest BCUT2D eigenvalue weighted by Gasteiger charge is -2.13. The Kier molecular flexibility index (Phi) is 9.73. The van der Waals surface area contributed by atoms with Crippen molar-refractivity contribution in [3.05, 3.63) is 78.9 Å². The van der Waals surface area contributed by atoms with Gasteiger partial charge in [0.25, 0.3) is 0 Å². The molecule has 0 fully saturated rings. The highest BCUT2D eigenvalue weighted by Crippen LogP contribution is 2.31. The predicted octanol–water partition coefficient (Wildman–Crippen LogP) is 3.01. The van der Waals surface area contributed by atoms with Gasteiger partial charge in [0.05, 0.1) is 37.3 Å². The Morgan fingerprint density at radius 2 is 1.03 bits per heavy atom. The number of nitrogens with zero attached hydrogens (tertiary/aromatic N) is 2. The highest BCUT2D eigenvalue weighted by Gasteiger charge is 2.36. The molecular weight excluding hydrogens is 508 g/mol. The quantitative estimate of drug-likeness (QED) is 0.0742. The Hall–Kier alpha value is -5.14. The first-order chi connectivity index (χ1) is 18.0. The first kappa shape index (κ1) is 29.1. The molecule has 2 aromatic rings. The second-order valence-corrected chi connectivity index (χ2v) is 7.14. The molecule has 0 spiro atoms. The molecule has 0 aromatic heterocycles. The zero-order valence-electron chi connectivity index (χ0n) is 20.7. The van der Waals surface area contributed by atoms with E-state index >= 15 is 0 Å². The van der Waals surface area contributed by atoms with Gasteiger partial charge in [-0.05, 0) is 38.1 Å². The lowest BCUT2D eigenvalue weighted by molar-refractivity contribution is -0.385. The van der Waals surface area contributed by atoms with Gasteiger partial charge in [0.15, 0.2) is 11.5 Å². The van der Waals surface area contributed by atoms with Gasteiger partial charge >= 0.3 is 23.3 Å². The van der Waals surface area contributed by atoms with E-state index in [0.29, 0.717) is 0 Å². The molecule has 0 saturated carbocycles. The third kappa shape index (κ3) is 6.16. The minimum Gasteiger partial charge on any atom is -0.490 e. The maximum absolute atomic E-state index is 13.5. The molecule has 0 unspecified atom stereocenters. The first-order valence-corrected chi connectivity index (χ1v) is 10.8. The lowest BCUT2D eigenvalue weighted by Crippen LogP contribution is -2.27. The molecule has 0 radical (unpaired) electrons. The molecule has 0 heterocycles. The Morgan fingerprint density at radius 3 is 1.29 bits per heavy atom. The van der Waals surface area contributed by atoms with Crippen molar-refractivity contribution in [2.75, 3.05) is 27.4 Å². The Morgan fingerprint density at radius 1 is 0.684 bits per heavy atom. The average Bonchev–Trinajstić information content (AvgIpc) is 2.90. The topological polar surface area (TPSA) is 191 Å². The largest absolute Gasteiger partial charge is 0.490 e. The zero-order chi connectivity index (χ0) is 28.6. The number of rotatable bonds is 12. The molecule has 14 heteroatoms. The van der Waals surface area contributed by atoms with Crippen molar-refractivity contribution in [2.24, 2.45) is 0 Å². The maximum Gasteiger partial charge on any atom is 0.343 e. The number of benzene rings is 2. The van der Waals surface area contributed by atoms with Crippen LogP contribution < -0.4 is 9.47 Å². The van der Waals surface area contributed by atoms with E-state index in [9.17, 15) is 39.4 Å². The van der Waals surface area contributed by atoms with Crippen molar-refractivity contribution >= 4 is 34.9 Å². The van der Waals surface area contributed by atoms with Gasteiger partial charge in [0.1, 0.15) is 11.1 Å². The highest BCUT2D eigenvalue weighted by atomic mass is 16.6. The van der Waals surface area contributed by atoms with Crippen LogP contribution in [0.25, 0.3) is 0 Å². The molecule has 0 aliphatic rings. The number of esters is 2. The number of carbonyl (C=O) groups excluding carboxylic acids is 4. The van der Waals surface area contributed by atoms with Crippen molar-refractivity contribution in [1.29, 1.82) is 0 Å². The molecular formula is C24H22N2O12. The van der Waals surface area contributed by atoms with Crippen LogP contribution in [0.3, 0.4) is 0 Å². The van der Waals surface area contributed by atoms with Gasteiger partial charge in [0.2, 0.25) is 11.6 Å². The number of ketones is 2. The van der Waals surface area contributed by atoms with E-state index in [4.69, 9.17) is 18.9 Å². The van der Waals surface area contributed by atoms with Gasteiger partial charge in [0, 0.05) is 23.3 Å². The number of Topliss-reactive ketones (excluding diaryl/α,β-unsaturated/α-hetero) is 2. The third-order valence-electron chi connectivity index (χ3n) is 4.94. The standard InChI is InChI=1S/C24H22N2O12/c1-5-37-23(29)19(21(27)13-7-9-17(35-3)15(11-13)25(31)32)20(24(30)38-6-2)22(28)14-8-10-18(36-4)16(12-14)26(33)34/h7-12H,5-6H2,1-4H3/b20-19+. The van der Waals surface area contributed by atoms with Crippen molar-refractivity contribution in [3.8, 4) is 11.5 Å². The van der Waals surface area contributed by atoms with Gasteiger partial charge in [-0.15, -0.1) is 0 Å². The van der Waals surface area contributed by atoms with E-state index in [1.807, 2.05) is 0 Å². The molecule has 200 valence electrons. The summed E-state index contributed by atoms with van der Waals surface area (Å²) in [5.41, 5.74) is -4.30. The normalized spacial score (nSPS) is 11.1. The molecule has 0 atom stereocenters. The van der Waals surface area contributed by atoms with Crippen LogP contribution in [0.15, 0.2) is 47.5 Å². The van der Waals surface area contributed by atoms with Crippen LogP contribution in [0.4, 0.5) is 11.4 Å². The molecule has 38 heavy (non-hydrogen) atoms.